The smallest absolute Gasteiger partial charge is 0.247 e. The molecule has 0 aliphatic heterocycles. The second-order valence-electron chi connectivity index (χ2n) is 0.917. The minimum absolute atomic E-state index is 0.227. The van der Waals surface area contributed by atoms with Gasteiger partial charge in [-0.3, -0.25) is 4.79 Å². The molecular formula is C5H7NO. The molecule has 0 atom stereocenters. The van der Waals surface area contributed by atoms with Gasteiger partial charge in [0.1, 0.15) is 0 Å². The van der Waals surface area contributed by atoms with E-state index in [0.717, 1.165) is 0 Å². The highest BCUT2D eigenvalue weighted by molar-refractivity contribution is 5.87. The predicted octanol–water partition coefficient (Wildman–Crippen LogP) is 0.432. The fourth-order valence-electron chi connectivity index (χ4n) is 0.160. The van der Waals surface area contributed by atoms with Crippen molar-refractivity contribution >= 4 is 5.91 Å². The summed E-state index contributed by atoms with van der Waals surface area (Å²) in [6, 6.07) is 0. The SMILES string of the molecule is C=CNC(=O)C=C. The third-order valence-electron chi connectivity index (χ3n) is 0.430. The Morgan fingerprint density at radius 3 is 2.29 bits per heavy atom. The van der Waals surface area contributed by atoms with Gasteiger partial charge in [0.05, 0.1) is 0 Å². The Morgan fingerprint density at radius 1 is 1.57 bits per heavy atom. The van der Waals surface area contributed by atoms with E-state index in [-0.39, 0.29) is 5.91 Å². The van der Waals surface area contributed by atoms with Crippen molar-refractivity contribution in [3.8, 4) is 0 Å². The lowest BCUT2D eigenvalue weighted by Gasteiger charge is -1.85. The van der Waals surface area contributed by atoms with Gasteiger partial charge in [-0.05, 0) is 12.3 Å². The molecule has 38 valence electrons. The number of carbonyl (C=O) groups is 1. The Bertz CT molecular complexity index is 96.3. The lowest BCUT2D eigenvalue weighted by Crippen LogP contribution is -2.11. The van der Waals surface area contributed by atoms with Gasteiger partial charge < -0.3 is 5.32 Å². The summed E-state index contributed by atoms with van der Waals surface area (Å²) in [6.07, 6.45) is 2.49. The van der Waals surface area contributed by atoms with Crippen LogP contribution in [0.4, 0.5) is 0 Å². The van der Waals surface area contributed by atoms with Gasteiger partial charge in [0, 0.05) is 0 Å². The normalized spacial score (nSPS) is 6.86. The fourth-order valence-corrected chi connectivity index (χ4v) is 0.160. The quantitative estimate of drug-likeness (QED) is 0.497. The monoisotopic (exact) mass is 97.1 g/mol. The van der Waals surface area contributed by atoms with Gasteiger partial charge in [-0.1, -0.05) is 13.2 Å². The topological polar surface area (TPSA) is 29.1 Å². The molecule has 0 aliphatic rings. The van der Waals surface area contributed by atoms with Gasteiger partial charge in [-0.15, -0.1) is 0 Å². The molecule has 2 heteroatoms. The Balaban J connectivity index is 3.36. The maximum absolute atomic E-state index is 10.1. The van der Waals surface area contributed by atoms with Crippen LogP contribution in [0, 0.1) is 0 Å². The summed E-state index contributed by atoms with van der Waals surface area (Å²) in [5.41, 5.74) is 0. The van der Waals surface area contributed by atoms with Crippen LogP contribution in [-0.4, -0.2) is 5.91 Å². The van der Waals surface area contributed by atoms with Gasteiger partial charge in [0.15, 0.2) is 0 Å². The van der Waals surface area contributed by atoms with E-state index in [4.69, 9.17) is 0 Å². The third-order valence-corrected chi connectivity index (χ3v) is 0.430. The largest absolute Gasteiger partial charge is 0.330 e. The zero-order valence-corrected chi connectivity index (χ0v) is 3.98. The molecule has 0 heterocycles. The summed E-state index contributed by atoms with van der Waals surface area (Å²) in [7, 11) is 0. The van der Waals surface area contributed by atoms with E-state index in [0.29, 0.717) is 0 Å². The summed E-state index contributed by atoms with van der Waals surface area (Å²) in [5.74, 6) is -0.227. The molecular weight excluding hydrogens is 90.1 g/mol. The minimum Gasteiger partial charge on any atom is -0.330 e. The molecule has 0 aromatic heterocycles. The highest BCUT2D eigenvalue weighted by atomic mass is 16.1. The second kappa shape index (κ2) is 3.15. The van der Waals surface area contributed by atoms with Crippen LogP contribution < -0.4 is 5.32 Å². The van der Waals surface area contributed by atoms with Crippen molar-refractivity contribution < 1.29 is 4.79 Å². The zero-order valence-electron chi connectivity index (χ0n) is 3.98. The van der Waals surface area contributed by atoms with Crippen molar-refractivity contribution in [2.75, 3.05) is 0 Å². The molecule has 7 heavy (non-hydrogen) atoms. The van der Waals surface area contributed by atoms with Crippen molar-refractivity contribution in [1.82, 2.24) is 5.32 Å². The van der Waals surface area contributed by atoms with Crippen LogP contribution in [0.25, 0.3) is 0 Å². The maximum Gasteiger partial charge on any atom is 0.247 e. The summed E-state index contributed by atoms with van der Waals surface area (Å²) < 4.78 is 0. The van der Waals surface area contributed by atoms with Gasteiger partial charge in [0.2, 0.25) is 5.91 Å². The first-order valence-electron chi connectivity index (χ1n) is 1.85. The Morgan fingerprint density at radius 2 is 2.14 bits per heavy atom. The van der Waals surface area contributed by atoms with Crippen LogP contribution in [0.2, 0.25) is 0 Å². The first-order valence-corrected chi connectivity index (χ1v) is 1.85. The number of carbonyl (C=O) groups excluding carboxylic acids is 1. The highest BCUT2D eigenvalue weighted by Crippen LogP contribution is 1.61. The Labute approximate surface area is 42.5 Å². The molecule has 0 aliphatic carbocycles. The third kappa shape index (κ3) is 2.76. The Hall–Kier alpha value is -1.05. The van der Waals surface area contributed by atoms with E-state index in [1.807, 2.05) is 0 Å². The van der Waals surface area contributed by atoms with E-state index in [9.17, 15) is 4.79 Å². The van der Waals surface area contributed by atoms with Crippen LogP contribution in [0.3, 0.4) is 0 Å². The van der Waals surface area contributed by atoms with E-state index in [1.54, 1.807) is 0 Å². The molecule has 0 radical (unpaired) electrons. The molecule has 0 aromatic carbocycles. The maximum atomic E-state index is 10.1. The van der Waals surface area contributed by atoms with Gasteiger partial charge in [-0.2, -0.15) is 0 Å². The van der Waals surface area contributed by atoms with Crippen molar-refractivity contribution in [2.24, 2.45) is 0 Å². The molecule has 0 fully saturated rings. The summed E-state index contributed by atoms with van der Waals surface area (Å²) >= 11 is 0. The molecule has 0 rings (SSSR count). The predicted molar refractivity (Wildman–Crippen MR) is 28.5 cm³/mol. The lowest BCUT2D eigenvalue weighted by atomic mass is 10.6. The number of amides is 1. The zero-order chi connectivity index (χ0) is 5.70. The minimum atomic E-state index is -0.227. The molecule has 0 saturated heterocycles. The van der Waals surface area contributed by atoms with Crippen LogP contribution >= 0.6 is 0 Å². The van der Waals surface area contributed by atoms with E-state index < -0.39 is 0 Å². The average molecular weight is 97.1 g/mol. The highest BCUT2D eigenvalue weighted by Gasteiger charge is 1.81. The standard InChI is InChI=1S/C5H7NO/c1-3-5(7)6-4-2/h3-4H,1-2H2,(H,6,7). The van der Waals surface area contributed by atoms with Crippen LogP contribution in [0.5, 0.6) is 0 Å². The number of hydrogen-bond donors (Lipinski definition) is 1. The number of hydrogen-bond acceptors (Lipinski definition) is 1. The first kappa shape index (κ1) is 5.95. The number of nitrogens with one attached hydrogen (secondary N) is 1. The van der Waals surface area contributed by atoms with Crippen molar-refractivity contribution in [1.29, 1.82) is 0 Å². The molecule has 1 amide bonds. The van der Waals surface area contributed by atoms with E-state index >= 15 is 0 Å². The van der Waals surface area contributed by atoms with E-state index in [2.05, 4.69) is 18.5 Å². The van der Waals surface area contributed by atoms with Crippen molar-refractivity contribution in [2.45, 2.75) is 0 Å². The number of rotatable bonds is 2. The molecule has 0 saturated carbocycles. The summed E-state index contributed by atoms with van der Waals surface area (Å²) in [5, 5.41) is 2.30. The first-order chi connectivity index (χ1) is 3.31. The molecule has 0 aromatic rings. The van der Waals surface area contributed by atoms with Crippen LogP contribution in [-0.2, 0) is 4.79 Å². The van der Waals surface area contributed by atoms with Gasteiger partial charge in [-0.25, -0.2) is 0 Å². The van der Waals surface area contributed by atoms with Gasteiger partial charge in [0.25, 0.3) is 0 Å². The summed E-state index contributed by atoms with van der Waals surface area (Å²) in [4.78, 5) is 10.1. The molecule has 0 unspecified atom stereocenters. The molecule has 0 bridgehead atoms. The Kier molecular flexibility index (Phi) is 2.68. The fraction of sp³-hybridized carbons (Fsp3) is 0. The second-order valence-corrected chi connectivity index (χ2v) is 0.917. The van der Waals surface area contributed by atoms with Crippen molar-refractivity contribution in [3.63, 3.8) is 0 Å². The lowest BCUT2D eigenvalue weighted by molar-refractivity contribution is -0.115. The summed E-state index contributed by atoms with van der Waals surface area (Å²) in [6.45, 7) is 6.49. The van der Waals surface area contributed by atoms with Crippen molar-refractivity contribution in [3.05, 3.63) is 25.4 Å². The van der Waals surface area contributed by atoms with Gasteiger partial charge >= 0.3 is 0 Å². The molecule has 1 N–H and O–H groups in total. The van der Waals surface area contributed by atoms with Crippen LogP contribution in [0.15, 0.2) is 25.4 Å². The van der Waals surface area contributed by atoms with Crippen LogP contribution in [0.1, 0.15) is 0 Å². The average Bonchev–Trinajstić information content (AvgIpc) is 1.68. The van der Waals surface area contributed by atoms with E-state index in [1.165, 1.54) is 12.3 Å². The molecule has 0 spiro atoms. The molecule has 2 nitrogen and oxygen atoms in total.